The smallest absolute Gasteiger partial charge is 0.108 e. The van der Waals surface area contributed by atoms with Gasteiger partial charge in [0.05, 0.1) is 0 Å². The van der Waals surface area contributed by atoms with Crippen LogP contribution in [0.2, 0.25) is 0 Å². The van der Waals surface area contributed by atoms with E-state index in [9.17, 15) is 0 Å². The van der Waals surface area contributed by atoms with Crippen LogP contribution < -0.4 is 0 Å². The van der Waals surface area contributed by atoms with Gasteiger partial charge in [0.15, 0.2) is 0 Å². The highest BCUT2D eigenvalue weighted by molar-refractivity contribution is 5.05. The lowest BCUT2D eigenvalue weighted by Gasteiger charge is -2.05. The molecule has 0 atom stereocenters. The van der Waals surface area contributed by atoms with Gasteiger partial charge in [-0.15, -0.1) is 0 Å². The summed E-state index contributed by atoms with van der Waals surface area (Å²) in [4.78, 5) is 4.59. The summed E-state index contributed by atoms with van der Waals surface area (Å²) in [6, 6.07) is 0. The normalized spacial score (nSPS) is 20.1. The van der Waals surface area contributed by atoms with Gasteiger partial charge in [-0.05, 0) is 19.3 Å². The van der Waals surface area contributed by atoms with Crippen molar-refractivity contribution in [2.45, 2.75) is 77.0 Å². The molecule has 1 aromatic rings. The second-order valence-electron chi connectivity index (χ2n) is 5.76. The van der Waals surface area contributed by atoms with Crippen molar-refractivity contribution < 1.29 is 0 Å². The maximum absolute atomic E-state index is 4.59. The lowest BCUT2D eigenvalue weighted by Crippen LogP contribution is -2.02. The lowest BCUT2D eigenvalue weighted by atomic mass is 10.0. The van der Waals surface area contributed by atoms with Gasteiger partial charge in [-0.25, -0.2) is 4.98 Å². The molecule has 0 aromatic carbocycles. The van der Waals surface area contributed by atoms with Gasteiger partial charge < -0.3 is 4.57 Å². The number of nitrogens with zero attached hydrogens (tertiary/aromatic N) is 2. The summed E-state index contributed by atoms with van der Waals surface area (Å²) >= 11 is 0. The summed E-state index contributed by atoms with van der Waals surface area (Å²) in [6.07, 6.45) is 18.5. The van der Waals surface area contributed by atoms with E-state index < -0.39 is 0 Å². The van der Waals surface area contributed by atoms with Crippen LogP contribution >= 0.6 is 0 Å². The van der Waals surface area contributed by atoms with Gasteiger partial charge in [0.25, 0.3) is 0 Å². The van der Waals surface area contributed by atoms with Crippen LogP contribution in [0.3, 0.4) is 0 Å². The molecule has 1 aliphatic heterocycles. The third-order valence-electron chi connectivity index (χ3n) is 4.26. The summed E-state index contributed by atoms with van der Waals surface area (Å²) in [6.45, 7) is 0. The van der Waals surface area contributed by atoms with Crippen molar-refractivity contribution in [2.75, 3.05) is 0 Å². The Morgan fingerprint density at radius 1 is 0.778 bits per heavy atom. The largest absolute Gasteiger partial charge is 0.335 e. The van der Waals surface area contributed by atoms with E-state index in [1.54, 1.807) is 0 Å². The van der Waals surface area contributed by atoms with Gasteiger partial charge in [0, 0.05) is 25.4 Å². The van der Waals surface area contributed by atoms with Crippen LogP contribution in [-0.2, 0) is 19.9 Å². The molecule has 2 heterocycles. The maximum Gasteiger partial charge on any atom is 0.108 e. The van der Waals surface area contributed by atoms with E-state index in [0.29, 0.717) is 0 Å². The third-order valence-corrected chi connectivity index (χ3v) is 4.26. The average Bonchev–Trinajstić information content (AvgIpc) is 2.70. The Hall–Kier alpha value is -0.790. The molecule has 0 aliphatic carbocycles. The molecule has 0 saturated heterocycles. The molecule has 2 bridgehead atoms. The minimum atomic E-state index is 1.16. The minimum Gasteiger partial charge on any atom is -0.335 e. The lowest BCUT2D eigenvalue weighted by molar-refractivity contribution is 0.551. The number of rotatable bonds is 0. The Labute approximate surface area is 112 Å². The van der Waals surface area contributed by atoms with Gasteiger partial charge >= 0.3 is 0 Å². The zero-order valence-corrected chi connectivity index (χ0v) is 12.0. The van der Waals surface area contributed by atoms with Gasteiger partial charge in [-0.2, -0.15) is 0 Å². The van der Waals surface area contributed by atoms with Crippen molar-refractivity contribution in [3.05, 3.63) is 17.7 Å². The highest BCUT2D eigenvalue weighted by Gasteiger charge is 2.06. The summed E-state index contributed by atoms with van der Waals surface area (Å²) < 4.78 is 2.33. The molecular formula is C16H28N2. The molecule has 0 saturated carbocycles. The topological polar surface area (TPSA) is 17.8 Å². The molecule has 2 rings (SSSR count). The fourth-order valence-electron chi connectivity index (χ4n) is 2.96. The van der Waals surface area contributed by atoms with Gasteiger partial charge in [-0.3, -0.25) is 0 Å². The predicted octanol–water partition coefficient (Wildman–Crippen LogP) is 4.42. The Balaban J connectivity index is 1.89. The Morgan fingerprint density at radius 2 is 1.28 bits per heavy atom. The Morgan fingerprint density at radius 3 is 1.89 bits per heavy atom. The van der Waals surface area contributed by atoms with Crippen molar-refractivity contribution in [1.82, 2.24) is 9.55 Å². The first kappa shape index (κ1) is 13.6. The average molecular weight is 248 g/mol. The molecule has 2 heteroatoms. The van der Waals surface area contributed by atoms with E-state index in [1.807, 2.05) is 0 Å². The van der Waals surface area contributed by atoms with Gasteiger partial charge in [-0.1, -0.05) is 51.4 Å². The monoisotopic (exact) mass is 248 g/mol. The molecular weight excluding hydrogens is 220 g/mol. The highest BCUT2D eigenvalue weighted by atomic mass is 15.1. The van der Waals surface area contributed by atoms with Crippen LogP contribution in [0.25, 0.3) is 0 Å². The Kier molecular flexibility index (Phi) is 5.76. The van der Waals surface area contributed by atoms with Crippen LogP contribution in [-0.4, -0.2) is 9.55 Å². The van der Waals surface area contributed by atoms with Gasteiger partial charge in [0.1, 0.15) is 5.82 Å². The predicted molar refractivity (Wildman–Crippen MR) is 76.8 cm³/mol. The molecule has 0 fully saturated rings. The van der Waals surface area contributed by atoms with Crippen molar-refractivity contribution in [3.63, 3.8) is 0 Å². The summed E-state index contributed by atoms with van der Waals surface area (Å²) in [5.41, 5.74) is 1.43. The van der Waals surface area contributed by atoms with E-state index in [-0.39, 0.29) is 0 Å². The van der Waals surface area contributed by atoms with Crippen molar-refractivity contribution in [3.8, 4) is 0 Å². The SMILES string of the molecule is Cn1c2cnc1CCCCCCCCCCCC2. The number of imidazole rings is 1. The standard InChI is InChI=1S/C16H28N2/c1-18-15-12-10-8-6-4-2-3-5-7-9-11-13-16(18)17-14-15/h14H,2-13H2,1H3. The number of aryl methyl sites for hydroxylation is 2. The molecule has 0 N–H and O–H groups in total. The van der Waals surface area contributed by atoms with Crippen LogP contribution in [0.4, 0.5) is 0 Å². The number of fused-ring (bicyclic) bond motifs is 2. The fourth-order valence-corrected chi connectivity index (χ4v) is 2.96. The second-order valence-corrected chi connectivity index (χ2v) is 5.76. The molecule has 0 spiro atoms. The first-order chi connectivity index (χ1) is 8.88. The number of hydrogen-bond donors (Lipinski definition) is 0. The molecule has 18 heavy (non-hydrogen) atoms. The molecule has 2 nitrogen and oxygen atoms in total. The van der Waals surface area contributed by atoms with Crippen LogP contribution in [0.15, 0.2) is 6.20 Å². The zero-order chi connectivity index (χ0) is 12.6. The van der Waals surface area contributed by atoms with E-state index >= 15 is 0 Å². The van der Waals surface area contributed by atoms with E-state index in [4.69, 9.17) is 0 Å². The first-order valence-corrected chi connectivity index (χ1v) is 7.87. The third kappa shape index (κ3) is 4.15. The molecule has 0 amide bonds. The van der Waals surface area contributed by atoms with E-state index in [0.717, 1.165) is 6.42 Å². The van der Waals surface area contributed by atoms with Crippen LogP contribution in [0.1, 0.15) is 75.7 Å². The molecule has 1 aliphatic rings. The zero-order valence-electron chi connectivity index (χ0n) is 12.0. The van der Waals surface area contributed by atoms with Crippen molar-refractivity contribution >= 4 is 0 Å². The fraction of sp³-hybridized carbons (Fsp3) is 0.812. The van der Waals surface area contributed by atoms with Crippen LogP contribution in [0, 0.1) is 0 Å². The van der Waals surface area contributed by atoms with Crippen molar-refractivity contribution in [1.29, 1.82) is 0 Å². The second kappa shape index (κ2) is 7.60. The van der Waals surface area contributed by atoms with E-state index in [1.165, 1.54) is 82.1 Å². The van der Waals surface area contributed by atoms with E-state index in [2.05, 4.69) is 22.8 Å². The van der Waals surface area contributed by atoms with Gasteiger partial charge in [0.2, 0.25) is 0 Å². The summed E-state index contributed by atoms with van der Waals surface area (Å²) in [7, 11) is 2.19. The number of hydrogen-bond acceptors (Lipinski definition) is 1. The first-order valence-electron chi connectivity index (χ1n) is 7.87. The summed E-state index contributed by atoms with van der Waals surface area (Å²) in [5, 5.41) is 0. The minimum absolute atomic E-state index is 1.16. The molecule has 0 unspecified atom stereocenters. The molecule has 0 radical (unpaired) electrons. The molecule has 1 aromatic heterocycles. The van der Waals surface area contributed by atoms with Crippen molar-refractivity contribution in [2.24, 2.45) is 7.05 Å². The maximum atomic E-state index is 4.59. The van der Waals surface area contributed by atoms with Crippen LogP contribution in [0.5, 0.6) is 0 Å². The Bertz CT molecular complexity index is 309. The quantitative estimate of drug-likeness (QED) is 0.664. The number of aromatic nitrogens is 2. The summed E-state index contributed by atoms with van der Waals surface area (Å²) in [5.74, 6) is 1.29. The highest BCUT2D eigenvalue weighted by Crippen LogP contribution is 2.15. The molecule has 102 valence electrons.